The minimum Gasteiger partial charge on any atom is -0.349 e. The van der Waals surface area contributed by atoms with Gasteiger partial charge in [-0.25, -0.2) is 15.0 Å². The maximum atomic E-state index is 12.5. The van der Waals surface area contributed by atoms with Crippen molar-refractivity contribution in [3.05, 3.63) is 48.3 Å². The third-order valence-electron chi connectivity index (χ3n) is 3.85. The van der Waals surface area contributed by atoms with Crippen molar-refractivity contribution in [1.29, 1.82) is 0 Å². The van der Waals surface area contributed by atoms with Crippen molar-refractivity contribution in [3.63, 3.8) is 0 Å². The lowest BCUT2D eigenvalue weighted by Gasteiger charge is -2.17. The summed E-state index contributed by atoms with van der Waals surface area (Å²) in [5.41, 5.74) is 1.62. The number of amides is 1. The van der Waals surface area contributed by atoms with E-state index in [-0.39, 0.29) is 11.9 Å². The van der Waals surface area contributed by atoms with E-state index in [4.69, 9.17) is 0 Å². The molecule has 26 heavy (non-hydrogen) atoms. The number of carbonyl (C=O) groups excluding carboxylic acids is 1. The Kier molecular flexibility index (Phi) is 7.95. The minimum absolute atomic E-state index is 0.00260. The zero-order valence-electron chi connectivity index (χ0n) is 15.8. The molecule has 0 aliphatic rings. The predicted molar refractivity (Wildman–Crippen MR) is 102 cm³/mol. The van der Waals surface area contributed by atoms with Crippen molar-refractivity contribution in [3.8, 4) is 5.95 Å². The van der Waals surface area contributed by atoms with Gasteiger partial charge < -0.3 is 10.6 Å². The number of aryl methyl sites for hydroxylation is 1. The van der Waals surface area contributed by atoms with E-state index in [1.165, 1.54) is 0 Å². The van der Waals surface area contributed by atoms with Gasteiger partial charge in [-0.3, -0.25) is 9.36 Å². The molecule has 0 radical (unpaired) electrons. The third kappa shape index (κ3) is 6.07. The van der Waals surface area contributed by atoms with Gasteiger partial charge in [-0.15, -0.1) is 0 Å². The van der Waals surface area contributed by atoms with E-state index in [1.54, 1.807) is 23.3 Å². The van der Waals surface area contributed by atoms with Crippen LogP contribution in [0.1, 0.15) is 44.5 Å². The molecule has 0 aliphatic heterocycles. The highest BCUT2D eigenvalue weighted by Gasteiger charge is 2.16. The summed E-state index contributed by atoms with van der Waals surface area (Å²) in [6, 6.07) is 1.69. The number of nitrogens with one attached hydrogen (secondary N) is 2. The van der Waals surface area contributed by atoms with Gasteiger partial charge >= 0.3 is 0 Å². The summed E-state index contributed by atoms with van der Waals surface area (Å²) in [7, 11) is 0. The quantitative estimate of drug-likeness (QED) is 0.638. The number of nitrogens with zero attached hydrogens (tertiary/aromatic N) is 4. The summed E-state index contributed by atoms with van der Waals surface area (Å²) in [5, 5.41) is 6.28. The van der Waals surface area contributed by atoms with Gasteiger partial charge in [0.15, 0.2) is 0 Å². The van der Waals surface area contributed by atoms with Gasteiger partial charge in [-0.1, -0.05) is 32.4 Å². The van der Waals surface area contributed by atoms with Crippen LogP contribution in [0.15, 0.2) is 36.9 Å². The molecule has 1 atom stereocenters. The van der Waals surface area contributed by atoms with Gasteiger partial charge in [-0.2, -0.15) is 0 Å². The van der Waals surface area contributed by atoms with Crippen molar-refractivity contribution in [2.24, 2.45) is 0 Å². The van der Waals surface area contributed by atoms with Crippen LogP contribution in [0.4, 0.5) is 0 Å². The molecular weight excluding hydrogens is 328 g/mol. The Morgan fingerprint density at radius 1 is 1.31 bits per heavy atom. The second kappa shape index (κ2) is 10.5. The maximum Gasteiger partial charge on any atom is 0.237 e. The smallest absolute Gasteiger partial charge is 0.237 e. The van der Waals surface area contributed by atoms with Crippen LogP contribution in [-0.2, 0) is 11.3 Å². The van der Waals surface area contributed by atoms with Gasteiger partial charge in [0.2, 0.25) is 11.9 Å². The molecule has 1 unspecified atom stereocenters. The molecule has 0 aliphatic carbocycles. The summed E-state index contributed by atoms with van der Waals surface area (Å²) in [4.78, 5) is 25.4. The zero-order valence-corrected chi connectivity index (χ0v) is 15.8. The maximum absolute atomic E-state index is 12.5. The lowest BCUT2D eigenvalue weighted by Crippen LogP contribution is -2.44. The van der Waals surface area contributed by atoms with Crippen LogP contribution in [0.3, 0.4) is 0 Å². The average molecular weight is 356 g/mol. The predicted octanol–water partition coefficient (Wildman–Crippen LogP) is 2.31. The van der Waals surface area contributed by atoms with Crippen LogP contribution in [0.2, 0.25) is 0 Å². The van der Waals surface area contributed by atoms with E-state index in [9.17, 15) is 4.79 Å². The highest BCUT2D eigenvalue weighted by Crippen LogP contribution is 2.06. The molecule has 0 spiro atoms. The molecule has 0 saturated carbocycles. The first-order valence-corrected chi connectivity index (χ1v) is 9.13. The molecule has 140 valence electrons. The van der Waals surface area contributed by atoms with Gasteiger partial charge in [0, 0.05) is 24.6 Å². The normalized spacial score (nSPS) is 12.4. The van der Waals surface area contributed by atoms with Crippen LogP contribution in [-0.4, -0.2) is 38.0 Å². The number of carbonyl (C=O) groups is 1. The minimum atomic E-state index is -0.197. The Morgan fingerprint density at radius 2 is 2.15 bits per heavy atom. The van der Waals surface area contributed by atoms with E-state index in [2.05, 4.69) is 51.6 Å². The largest absolute Gasteiger partial charge is 0.349 e. The van der Waals surface area contributed by atoms with Crippen molar-refractivity contribution in [2.45, 2.75) is 52.6 Å². The van der Waals surface area contributed by atoms with Crippen LogP contribution < -0.4 is 10.6 Å². The van der Waals surface area contributed by atoms with Gasteiger partial charge in [0.25, 0.3) is 0 Å². The molecule has 1 amide bonds. The third-order valence-corrected chi connectivity index (χ3v) is 3.85. The van der Waals surface area contributed by atoms with Crippen molar-refractivity contribution in [2.75, 3.05) is 6.54 Å². The van der Waals surface area contributed by atoms with E-state index in [0.29, 0.717) is 19.0 Å². The first-order valence-electron chi connectivity index (χ1n) is 9.13. The first-order chi connectivity index (χ1) is 12.6. The summed E-state index contributed by atoms with van der Waals surface area (Å²) >= 11 is 0. The standard InChI is InChI=1S/C19H28N6O/c1-4-6-7-9-21-17(8-5-2)18(26)22-13-16-12-15(3)23-19(24-16)25-11-10-20-14-25/h6-7,10-12,14,17,21H,4-5,8-9,13H2,1-3H3,(H,22,26)/b7-6+. The van der Waals surface area contributed by atoms with E-state index in [0.717, 1.165) is 30.7 Å². The van der Waals surface area contributed by atoms with Crippen LogP contribution in [0.25, 0.3) is 5.95 Å². The van der Waals surface area contributed by atoms with Gasteiger partial charge in [0.1, 0.15) is 6.33 Å². The van der Waals surface area contributed by atoms with Gasteiger partial charge in [0.05, 0.1) is 18.3 Å². The molecule has 2 N–H and O–H groups in total. The topological polar surface area (TPSA) is 84.7 Å². The van der Waals surface area contributed by atoms with Crippen molar-refractivity contribution >= 4 is 5.91 Å². The second-order valence-electron chi connectivity index (χ2n) is 6.12. The molecule has 2 aromatic rings. The molecule has 0 fully saturated rings. The molecule has 0 bridgehead atoms. The molecule has 0 aromatic carbocycles. The highest BCUT2D eigenvalue weighted by atomic mass is 16.2. The Balaban J connectivity index is 1.97. The Morgan fingerprint density at radius 3 is 2.85 bits per heavy atom. The second-order valence-corrected chi connectivity index (χ2v) is 6.12. The summed E-state index contributed by atoms with van der Waals surface area (Å²) in [5.74, 6) is 0.553. The van der Waals surface area contributed by atoms with Gasteiger partial charge in [-0.05, 0) is 25.8 Å². The Bertz CT molecular complexity index is 711. The number of hydrogen-bond acceptors (Lipinski definition) is 5. The van der Waals surface area contributed by atoms with Crippen LogP contribution >= 0.6 is 0 Å². The molecular formula is C19H28N6O. The SMILES string of the molecule is CC/C=C/CNC(CCC)C(=O)NCc1cc(C)nc(-n2ccnc2)n1. The Hall–Kier alpha value is -2.54. The molecule has 7 heteroatoms. The first kappa shape index (κ1) is 19.8. The van der Waals surface area contributed by atoms with E-state index >= 15 is 0 Å². The zero-order chi connectivity index (χ0) is 18.8. The number of allylic oxidation sites excluding steroid dienone is 1. The van der Waals surface area contributed by atoms with Crippen LogP contribution in [0, 0.1) is 6.92 Å². The summed E-state index contributed by atoms with van der Waals surface area (Å²) in [6.07, 6.45) is 12.0. The lowest BCUT2D eigenvalue weighted by atomic mass is 10.1. The number of aromatic nitrogens is 4. The summed E-state index contributed by atoms with van der Waals surface area (Å²) < 4.78 is 1.75. The monoisotopic (exact) mass is 356 g/mol. The fraction of sp³-hybridized carbons (Fsp3) is 0.474. The highest BCUT2D eigenvalue weighted by molar-refractivity contribution is 5.81. The fourth-order valence-electron chi connectivity index (χ4n) is 2.58. The average Bonchev–Trinajstić information content (AvgIpc) is 3.16. The molecule has 0 saturated heterocycles. The van der Waals surface area contributed by atoms with E-state index < -0.39 is 0 Å². The molecule has 2 rings (SSSR count). The summed E-state index contributed by atoms with van der Waals surface area (Å²) in [6.45, 7) is 7.15. The molecule has 7 nitrogen and oxygen atoms in total. The number of rotatable bonds is 10. The lowest BCUT2D eigenvalue weighted by molar-refractivity contribution is -0.123. The van der Waals surface area contributed by atoms with E-state index in [1.807, 2.05) is 13.0 Å². The Labute approximate surface area is 155 Å². The van der Waals surface area contributed by atoms with Crippen LogP contribution in [0.5, 0.6) is 0 Å². The number of imidazole rings is 1. The fourth-order valence-corrected chi connectivity index (χ4v) is 2.58. The van der Waals surface area contributed by atoms with Crippen molar-refractivity contribution in [1.82, 2.24) is 30.2 Å². The number of hydrogen-bond donors (Lipinski definition) is 2. The van der Waals surface area contributed by atoms with Crippen molar-refractivity contribution < 1.29 is 4.79 Å². The molecule has 2 heterocycles. The molecule has 2 aromatic heterocycles.